The Balaban J connectivity index is 2.41. The second kappa shape index (κ2) is 6.41. The Morgan fingerprint density at radius 3 is 2.39 bits per heavy atom. The number of carbonyl (C=O) groups is 1. The number of carbonyl (C=O) groups excluding carboxylic acids is 1. The van der Waals surface area contributed by atoms with Gasteiger partial charge in [-0.3, -0.25) is 25.0 Å². The number of hydrogen-bond acceptors (Lipinski definition) is 5. The molecule has 1 amide bonds. The second-order valence-electron chi connectivity index (χ2n) is 4.63. The summed E-state index contributed by atoms with van der Waals surface area (Å²) in [6.07, 6.45) is 0. The van der Waals surface area contributed by atoms with E-state index in [-0.39, 0.29) is 5.56 Å². The van der Waals surface area contributed by atoms with E-state index in [0.29, 0.717) is 16.3 Å². The molecule has 1 N–H and O–H groups in total. The molecule has 0 aliphatic heterocycles. The molecule has 8 nitrogen and oxygen atoms in total. The van der Waals surface area contributed by atoms with Crippen LogP contribution in [-0.4, -0.2) is 15.8 Å². The van der Waals surface area contributed by atoms with Gasteiger partial charge in [-0.2, -0.15) is 0 Å². The maximum Gasteiger partial charge on any atom is 0.289 e. The molecule has 23 heavy (non-hydrogen) atoms. The molecular weight excluding hydrogens is 326 g/mol. The minimum Gasteiger partial charge on any atom is -0.321 e. The highest BCUT2D eigenvalue weighted by Gasteiger charge is 2.24. The fraction of sp³-hybridized carbons (Fsp3) is 0.0714. The van der Waals surface area contributed by atoms with Gasteiger partial charge in [-0.25, -0.2) is 0 Å². The molecule has 0 spiro atoms. The predicted octanol–water partition coefficient (Wildman–Crippen LogP) is 3.72. The zero-order valence-electron chi connectivity index (χ0n) is 11.8. The van der Waals surface area contributed by atoms with E-state index in [1.54, 1.807) is 19.1 Å². The molecule has 2 aromatic carbocycles. The molecule has 118 valence electrons. The van der Waals surface area contributed by atoms with E-state index in [2.05, 4.69) is 5.32 Å². The van der Waals surface area contributed by atoms with Gasteiger partial charge in [0.25, 0.3) is 17.3 Å². The number of nitro groups is 2. The number of nitrogens with one attached hydrogen (secondary N) is 1. The molecule has 0 saturated carbocycles. The summed E-state index contributed by atoms with van der Waals surface area (Å²) >= 11 is 5.85. The average molecular weight is 336 g/mol. The number of anilines is 1. The molecule has 0 heterocycles. The van der Waals surface area contributed by atoms with Gasteiger partial charge >= 0.3 is 0 Å². The third-order valence-electron chi connectivity index (χ3n) is 3.08. The first-order valence-electron chi connectivity index (χ1n) is 6.30. The lowest BCUT2D eigenvalue weighted by molar-refractivity contribution is -0.394. The molecule has 2 aromatic rings. The smallest absolute Gasteiger partial charge is 0.289 e. The van der Waals surface area contributed by atoms with Crippen LogP contribution in [0, 0.1) is 27.2 Å². The summed E-state index contributed by atoms with van der Waals surface area (Å²) in [6, 6.07) is 7.66. The van der Waals surface area contributed by atoms with E-state index >= 15 is 0 Å². The molecule has 0 aliphatic carbocycles. The van der Waals surface area contributed by atoms with Crippen LogP contribution in [0.15, 0.2) is 36.4 Å². The van der Waals surface area contributed by atoms with Crippen molar-refractivity contribution in [3.63, 3.8) is 0 Å². The fourth-order valence-electron chi connectivity index (χ4n) is 1.90. The number of aryl methyl sites for hydroxylation is 1. The van der Waals surface area contributed by atoms with Gasteiger partial charge in [-0.1, -0.05) is 17.7 Å². The summed E-state index contributed by atoms with van der Waals surface area (Å²) in [5, 5.41) is 24.7. The van der Waals surface area contributed by atoms with E-state index in [4.69, 9.17) is 11.6 Å². The largest absolute Gasteiger partial charge is 0.321 e. The third-order valence-corrected chi connectivity index (χ3v) is 3.32. The van der Waals surface area contributed by atoms with E-state index in [9.17, 15) is 25.0 Å². The summed E-state index contributed by atoms with van der Waals surface area (Å²) in [5.74, 6) is -0.753. The highest BCUT2D eigenvalue weighted by molar-refractivity contribution is 6.31. The van der Waals surface area contributed by atoms with Crippen molar-refractivity contribution < 1.29 is 14.6 Å². The SMILES string of the molecule is Cc1ccc(Cl)cc1NC(=O)c1ccc([N+](=O)[O-])cc1[N+](=O)[O-]. The van der Waals surface area contributed by atoms with Crippen molar-refractivity contribution in [2.24, 2.45) is 0 Å². The Hall–Kier alpha value is -3.00. The molecule has 9 heteroatoms. The molecule has 0 unspecified atom stereocenters. The van der Waals surface area contributed by atoms with Crippen LogP contribution in [0.25, 0.3) is 0 Å². The molecule has 0 bridgehead atoms. The zero-order valence-corrected chi connectivity index (χ0v) is 12.5. The van der Waals surface area contributed by atoms with Gasteiger partial charge < -0.3 is 5.32 Å². The van der Waals surface area contributed by atoms with Gasteiger partial charge in [0.2, 0.25) is 0 Å². The van der Waals surface area contributed by atoms with Crippen LogP contribution < -0.4 is 5.32 Å². The third kappa shape index (κ3) is 3.61. The molecule has 0 fully saturated rings. The minimum absolute atomic E-state index is 0.278. The van der Waals surface area contributed by atoms with Gasteiger partial charge in [0.05, 0.1) is 15.9 Å². The van der Waals surface area contributed by atoms with Crippen LogP contribution in [0.3, 0.4) is 0 Å². The average Bonchev–Trinajstić information content (AvgIpc) is 2.50. The zero-order chi connectivity index (χ0) is 17.1. The maximum atomic E-state index is 12.3. The number of nitrogens with zero attached hydrogens (tertiary/aromatic N) is 2. The van der Waals surface area contributed by atoms with Crippen molar-refractivity contribution >= 4 is 34.6 Å². The summed E-state index contributed by atoms with van der Waals surface area (Å²) in [4.78, 5) is 32.4. The lowest BCUT2D eigenvalue weighted by atomic mass is 10.1. The normalized spacial score (nSPS) is 10.2. The van der Waals surface area contributed by atoms with E-state index < -0.39 is 27.1 Å². The van der Waals surface area contributed by atoms with Crippen molar-refractivity contribution in [1.82, 2.24) is 0 Å². The van der Waals surface area contributed by atoms with Crippen molar-refractivity contribution in [2.45, 2.75) is 6.92 Å². The van der Waals surface area contributed by atoms with Crippen molar-refractivity contribution in [3.05, 3.63) is 72.8 Å². The summed E-state index contributed by atoms with van der Waals surface area (Å²) in [5.41, 5.74) is -0.272. The topological polar surface area (TPSA) is 115 Å². The first-order chi connectivity index (χ1) is 10.8. The van der Waals surface area contributed by atoms with Gasteiger partial charge in [-0.15, -0.1) is 0 Å². The summed E-state index contributed by atoms with van der Waals surface area (Å²) < 4.78 is 0. The van der Waals surface area contributed by atoms with Gasteiger partial charge in [-0.05, 0) is 30.7 Å². The van der Waals surface area contributed by atoms with E-state index in [0.717, 1.165) is 18.2 Å². The van der Waals surface area contributed by atoms with Crippen LogP contribution in [-0.2, 0) is 0 Å². The summed E-state index contributed by atoms with van der Waals surface area (Å²) in [6.45, 7) is 1.73. The Morgan fingerprint density at radius 2 is 1.78 bits per heavy atom. The summed E-state index contributed by atoms with van der Waals surface area (Å²) in [7, 11) is 0. The molecular formula is C14H10ClN3O5. The number of hydrogen-bond donors (Lipinski definition) is 1. The van der Waals surface area contributed by atoms with Gasteiger partial charge in [0.15, 0.2) is 0 Å². The number of nitro benzene ring substituents is 2. The molecule has 0 aromatic heterocycles. The number of halogens is 1. The predicted molar refractivity (Wildman–Crippen MR) is 83.9 cm³/mol. The van der Waals surface area contributed by atoms with Crippen LogP contribution in [0.2, 0.25) is 5.02 Å². The highest BCUT2D eigenvalue weighted by atomic mass is 35.5. The second-order valence-corrected chi connectivity index (χ2v) is 5.07. The Morgan fingerprint density at radius 1 is 1.09 bits per heavy atom. The Labute approximate surface area is 135 Å². The van der Waals surface area contributed by atoms with Crippen LogP contribution in [0.4, 0.5) is 17.1 Å². The standard InChI is InChI=1S/C14H10ClN3O5/c1-8-2-3-9(15)6-12(8)16-14(19)11-5-4-10(17(20)21)7-13(11)18(22)23/h2-7H,1H3,(H,16,19). The van der Waals surface area contributed by atoms with E-state index in [1.165, 1.54) is 6.07 Å². The maximum absolute atomic E-state index is 12.3. The number of benzene rings is 2. The fourth-order valence-corrected chi connectivity index (χ4v) is 2.07. The number of rotatable bonds is 4. The molecule has 0 aliphatic rings. The highest BCUT2D eigenvalue weighted by Crippen LogP contribution is 2.27. The van der Waals surface area contributed by atoms with Crippen molar-refractivity contribution in [2.75, 3.05) is 5.32 Å². The van der Waals surface area contributed by atoms with Crippen molar-refractivity contribution in [3.8, 4) is 0 Å². The molecule has 0 atom stereocenters. The van der Waals surface area contributed by atoms with Crippen molar-refractivity contribution in [1.29, 1.82) is 0 Å². The first kappa shape index (κ1) is 16.4. The monoisotopic (exact) mass is 335 g/mol. The lowest BCUT2D eigenvalue weighted by Crippen LogP contribution is -2.15. The van der Waals surface area contributed by atoms with Crippen LogP contribution >= 0.6 is 11.6 Å². The number of non-ortho nitro benzene ring substituents is 1. The van der Waals surface area contributed by atoms with Gasteiger partial charge in [0, 0.05) is 16.8 Å². The lowest BCUT2D eigenvalue weighted by Gasteiger charge is -2.09. The van der Waals surface area contributed by atoms with Gasteiger partial charge in [0.1, 0.15) is 5.56 Å². The van der Waals surface area contributed by atoms with Crippen LogP contribution in [0.5, 0.6) is 0 Å². The molecule has 0 saturated heterocycles. The number of amides is 1. The minimum atomic E-state index is -0.841. The van der Waals surface area contributed by atoms with Crippen LogP contribution in [0.1, 0.15) is 15.9 Å². The molecule has 0 radical (unpaired) electrons. The Kier molecular flexibility index (Phi) is 4.56. The first-order valence-corrected chi connectivity index (χ1v) is 6.67. The Bertz CT molecular complexity index is 822. The molecule has 2 rings (SSSR count). The quantitative estimate of drug-likeness (QED) is 0.675. The van der Waals surface area contributed by atoms with E-state index in [1.807, 2.05) is 0 Å².